The monoisotopic (exact) mass is 297 g/mol. The highest BCUT2D eigenvalue weighted by atomic mass is 16.5. The number of furan rings is 1. The summed E-state index contributed by atoms with van der Waals surface area (Å²) in [7, 11) is 1.66. The Hall–Kier alpha value is -2.49. The first kappa shape index (κ1) is 14.4. The van der Waals surface area contributed by atoms with Crippen molar-refractivity contribution in [1.29, 1.82) is 0 Å². The number of fused-ring (bicyclic) bond motifs is 1. The number of allylic oxidation sites excluding steroid dienone is 1. The second-order valence-corrected chi connectivity index (χ2v) is 5.49. The Morgan fingerprint density at radius 3 is 2.95 bits per heavy atom. The van der Waals surface area contributed by atoms with Crippen molar-refractivity contribution in [1.82, 2.24) is 5.32 Å². The third kappa shape index (κ3) is 2.91. The van der Waals surface area contributed by atoms with Crippen LogP contribution < -0.4 is 10.1 Å². The van der Waals surface area contributed by atoms with Crippen LogP contribution in [0.3, 0.4) is 0 Å². The number of ether oxygens (including phenoxy) is 1. The molecule has 0 fully saturated rings. The molecule has 1 aromatic carbocycles. The third-order valence-corrected chi connectivity index (χ3v) is 3.99. The molecule has 0 saturated heterocycles. The Kier molecular flexibility index (Phi) is 4.00. The lowest BCUT2D eigenvalue weighted by molar-refractivity contribution is -0.120. The number of rotatable bonds is 5. The summed E-state index contributed by atoms with van der Waals surface area (Å²) in [5.41, 5.74) is 4.74. The predicted molar refractivity (Wildman–Crippen MR) is 84.5 cm³/mol. The number of hydrogen-bond donors (Lipinski definition) is 1. The highest BCUT2D eigenvalue weighted by molar-refractivity contribution is 5.92. The minimum atomic E-state index is 0.00131. The molecule has 22 heavy (non-hydrogen) atoms. The number of amides is 1. The molecule has 0 spiro atoms. The normalized spacial score (nSPS) is 13.2. The summed E-state index contributed by atoms with van der Waals surface area (Å²) < 4.78 is 10.5. The Morgan fingerprint density at radius 1 is 1.36 bits per heavy atom. The fourth-order valence-electron chi connectivity index (χ4n) is 2.81. The largest absolute Gasteiger partial charge is 0.497 e. The maximum Gasteiger partial charge on any atom is 0.224 e. The van der Waals surface area contributed by atoms with E-state index in [9.17, 15) is 4.79 Å². The van der Waals surface area contributed by atoms with Crippen LogP contribution in [0.15, 0.2) is 46.6 Å². The first-order chi connectivity index (χ1) is 10.7. The van der Waals surface area contributed by atoms with Gasteiger partial charge in [-0.2, -0.15) is 0 Å². The van der Waals surface area contributed by atoms with Gasteiger partial charge in [0.2, 0.25) is 5.91 Å². The molecule has 1 heterocycles. The van der Waals surface area contributed by atoms with Gasteiger partial charge < -0.3 is 14.5 Å². The van der Waals surface area contributed by atoms with E-state index >= 15 is 0 Å². The van der Waals surface area contributed by atoms with Crippen LogP contribution in [-0.4, -0.2) is 13.0 Å². The van der Waals surface area contributed by atoms with Crippen LogP contribution in [0.2, 0.25) is 0 Å². The van der Waals surface area contributed by atoms with Gasteiger partial charge in [-0.3, -0.25) is 4.79 Å². The van der Waals surface area contributed by atoms with Gasteiger partial charge >= 0.3 is 0 Å². The van der Waals surface area contributed by atoms with Crippen molar-refractivity contribution >= 4 is 11.5 Å². The Balaban J connectivity index is 1.70. The molecule has 1 N–H and O–H groups in total. The molecule has 114 valence electrons. The van der Waals surface area contributed by atoms with Crippen molar-refractivity contribution in [2.75, 3.05) is 7.11 Å². The van der Waals surface area contributed by atoms with Crippen LogP contribution in [0.1, 0.15) is 30.2 Å². The fourth-order valence-corrected chi connectivity index (χ4v) is 2.81. The molecule has 0 bridgehead atoms. The number of carbonyl (C=O) groups excluding carboxylic acids is 1. The molecular formula is C18H19NO3. The van der Waals surface area contributed by atoms with Gasteiger partial charge in [-0.05, 0) is 54.3 Å². The maximum absolute atomic E-state index is 12.2. The van der Waals surface area contributed by atoms with Gasteiger partial charge in [-0.25, -0.2) is 0 Å². The summed E-state index contributed by atoms with van der Waals surface area (Å²) in [6.45, 7) is 2.50. The summed E-state index contributed by atoms with van der Waals surface area (Å²) in [5.74, 6) is 1.58. The smallest absolute Gasteiger partial charge is 0.224 e. The molecule has 0 aliphatic heterocycles. The van der Waals surface area contributed by atoms with E-state index in [4.69, 9.17) is 9.15 Å². The van der Waals surface area contributed by atoms with Crippen molar-refractivity contribution in [3.63, 3.8) is 0 Å². The summed E-state index contributed by atoms with van der Waals surface area (Å²) in [5, 5.41) is 2.89. The molecule has 3 rings (SSSR count). The minimum absolute atomic E-state index is 0.00131. The summed E-state index contributed by atoms with van der Waals surface area (Å²) in [6, 6.07) is 9.71. The highest BCUT2D eigenvalue weighted by Gasteiger charge is 2.21. The number of nitrogens with one attached hydrogen (secondary N) is 1. The van der Waals surface area contributed by atoms with E-state index in [2.05, 4.69) is 18.3 Å². The Labute approximate surface area is 129 Å². The van der Waals surface area contributed by atoms with E-state index in [1.165, 1.54) is 11.1 Å². The quantitative estimate of drug-likeness (QED) is 0.921. The summed E-state index contributed by atoms with van der Waals surface area (Å²) in [4.78, 5) is 12.2. The zero-order valence-corrected chi connectivity index (χ0v) is 12.8. The average Bonchev–Trinajstić information content (AvgIpc) is 3.13. The minimum Gasteiger partial charge on any atom is -0.497 e. The lowest BCUT2D eigenvalue weighted by Crippen LogP contribution is -2.22. The molecule has 4 heteroatoms. The molecule has 0 saturated carbocycles. The second kappa shape index (κ2) is 6.10. The van der Waals surface area contributed by atoms with Gasteiger partial charge in [0.05, 0.1) is 26.3 Å². The highest BCUT2D eigenvalue weighted by Crippen LogP contribution is 2.36. The molecule has 4 nitrogen and oxygen atoms in total. The van der Waals surface area contributed by atoms with Crippen LogP contribution in [0.25, 0.3) is 5.57 Å². The van der Waals surface area contributed by atoms with Crippen molar-refractivity contribution in [3.05, 3.63) is 59.1 Å². The van der Waals surface area contributed by atoms with E-state index in [0.717, 1.165) is 29.1 Å². The first-order valence-electron chi connectivity index (χ1n) is 7.32. The van der Waals surface area contributed by atoms with Gasteiger partial charge in [0.25, 0.3) is 0 Å². The zero-order chi connectivity index (χ0) is 15.5. The molecule has 1 aromatic heterocycles. The van der Waals surface area contributed by atoms with E-state index < -0.39 is 0 Å². The van der Waals surface area contributed by atoms with Gasteiger partial charge in [0.1, 0.15) is 11.5 Å². The lowest BCUT2D eigenvalue weighted by Gasteiger charge is -2.09. The zero-order valence-electron chi connectivity index (χ0n) is 12.8. The van der Waals surface area contributed by atoms with Crippen LogP contribution in [-0.2, 0) is 17.8 Å². The van der Waals surface area contributed by atoms with Crippen LogP contribution in [0.5, 0.6) is 5.75 Å². The topological polar surface area (TPSA) is 51.5 Å². The molecule has 1 aliphatic carbocycles. The van der Waals surface area contributed by atoms with Crippen LogP contribution in [0.4, 0.5) is 0 Å². The molecular weight excluding hydrogens is 278 g/mol. The van der Waals surface area contributed by atoms with Gasteiger partial charge in [0.15, 0.2) is 0 Å². The van der Waals surface area contributed by atoms with Crippen molar-refractivity contribution < 1.29 is 13.9 Å². The predicted octanol–water partition coefficient (Wildman–Crippen LogP) is 3.32. The van der Waals surface area contributed by atoms with Crippen molar-refractivity contribution in [2.45, 2.75) is 26.3 Å². The fraction of sp³-hybridized carbons (Fsp3) is 0.278. The van der Waals surface area contributed by atoms with E-state index in [-0.39, 0.29) is 5.91 Å². The van der Waals surface area contributed by atoms with Crippen LogP contribution in [0, 0.1) is 0 Å². The molecule has 2 aromatic rings. The summed E-state index contributed by atoms with van der Waals surface area (Å²) in [6.07, 6.45) is 2.89. The molecule has 0 radical (unpaired) electrons. The lowest BCUT2D eigenvalue weighted by atomic mass is 10.0. The standard InChI is InChI=1S/C18H19NO3/c1-12-8-13-5-6-14(21-2)9-17(13)16(12)10-18(20)19-11-15-4-3-7-22-15/h3-7,9H,8,10-11H2,1-2H3,(H,19,20). The molecule has 0 unspecified atom stereocenters. The maximum atomic E-state index is 12.2. The number of benzene rings is 1. The van der Waals surface area contributed by atoms with Gasteiger partial charge in [-0.1, -0.05) is 11.6 Å². The third-order valence-electron chi connectivity index (χ3n) is 3.99. The summed E-state index contributed by atoms with van der Waals surface area (Å²) >= 11 is 0. The van der Waals surface area contributed by atoms with Crippen LogP contribution >= 0.6 is 0 Å². The Morgan fingerprint density at radius 2 is 2.23 bits per heavy atom. The first-order valence-corrected chi connectivity index (χ1v) is 7.32. The van der Waals surface area contributed by atoms with Crippen molar-refractivity contribution in [2.24, 2.45) is 0 Å². The number of methoxy groups -OCH3 is 1. The van der Waals surface area contributed by atoms with Gasteiger partial charge in [-0.15, -0.1) is 0 Å². The second-order valence-electron chi connectivity index (χ2n) is 5.49. The Bertz CT molecular complexity index is 714. The van der Waals surface area contributed by atoms with Gasteiger partial charge in [0, 0.05) is 0 Å². The average molecular weight is 297 g/mol. The van der Waals surface area contributed by atoms with E-state index in [1.807, 2.05) is 24.3 Å². The van der Waals surface area contributed by atoms with Crippen molar-refractivity contribution in [3.8, 4) is 5.75 Å². The number of hydrogen-bond acceptors (Lipinski definition) is 3. The molecule has 1 amide bonds. The molecule has 0 atom stereocenters. The SMILES string of the molecule is COc1ccc2c(c1)C(CC(=O)NCc1ccco1)=C(C)C2. The molecule has 1 aliphatic rings. The number of carbonyl (C=O) groups is 1. The van der Waals surface area contributed by atoms with E-state index in [0.29, 0.717) is 13.0 Å². The van der Waals surface area contributed by atoms with E-state index in [1.54, 1.807) is 13.4 Å².